The molecule has 0 saturated carbocycles. The minimum Gasteiger partial charge on any atom is -0.379 e. The van der Waals surface area contributed by atoms with Crippen molar-refractivity contribution in [2.75, 3.05) is 26.3 Å². The summed E-state index contributed by atoms with van der Waals surface area (Å²) in [6.45, 7) is 3.31. The molecule has 0 spiro atoms. The quantitative estimate of drug-likeness (QED) is 0.394. The zero-order valence-electron chi connectivity index (χ0n) is 21.0. The number of carbonyl (C=O) groups excluding carboxylic acids is 1. The number of carbonyl (C=O) groups is 1. The van der Waals surface area contributed by atoms with Crippen LogP contribution >= 0.6 is 0 Å². The molecule has 3 aromatic rings. The van der Waals surface area contributed by atoms with Crippen LogP contribution in [0.5, 0.6) is 0 Å². The van der Waals surface area contributed by atoms with Crippen LogP contribution < -0.4 is 10.0 Å². The molecule has 1 fully saturated rings. The highest BCUT2D eigenvalue weighted by atomic mass is 32.2. The number of ether oxygens (including phenoxy) is 1. The number of benzene rings is 3. The molecule has 0 aromatic heterocycles. The third-order valence-corrected chi connectivity index (χ3v) is 9.63. The minimum atomic E-state index is -3.95. The lowest BCUT2D eigenvalue weighted by atomic mass is 10.1. The van der Waals surface area contributed by atoms with E-state index in [0.29, 0.717) is 31.9 Å². The highest BCUT2D eigenvalue weighted by Crippen LogP contribution is 2.18. The molecule has 3 aromatic carbocycles. The number of nitrogens with zero attached hydrogens (tertiary/aromatic N) is 1. The fraction of sp³-hybridized carbons (Fsp3) is 0.296. The van der Waals surface area contributed by atoms with Gasteiger partial charge in [0.05, 0.1) is 23.0 Å². The first-order chi connectivity index (χ1) is 18.1. The topological polar surface area (TPSA) is 122 Å². The number of amides is 1. The molecule has 2 N–H and O–H groups in total. The second-order valence-corrected chi connectivity index (χ2v) is 12.7. The lowest BCUT2D eigenvalue weighted by molar-refractivity contribution is -0.122. The third-order valence-electron chi connectivity index (χ3n) is 6.23. The Hall–Kier alpha value is -3.09. The van der Waals surface area contributed by atoms with Crippen LogP contribution in [0.25, 0.3) is 0 Å². The molecule has 0 bridgehead atoms. The van der Waals surface area contributed by atoms with Gasteiger partial charge in [-0.25, -0.2) is 16.8 Å². The standard InChI is InChI=1S/C27H31N3O6S2/c1-21-7-11-24(12-8-21)37(32,33)29-26(19-22-5-3-2-4-6-22)27(31)28-20-23-9-13-25(14-10-23)38(34,35)30-15-17-36-18-16-30/h2-14,26,29H,15-20H2,1H3,(H,28,31). The predicted octanol–water partition coefficient (Wildman–Crippen LogP) is 2.22. The van der Waals surface area contributed by atoms with E-state index in [2.05, 4.69) is 10.0 Å². The number of rotatable bonds is 10. The zero-order valence-corrected chi connectivity index (χ0v) is 22.7. The average Bonchev–Trinajstić information content (AvgIpc) is 2.93. The van der Waals surface area contributed by atoms with Gasteiger partial charge in [0.25, 0.3) is 0 Å². The molecule has 0 aliphatic carbocycles. The Morgan fingerprint density at radius 1 is 0.842 bits per heavy atom. The number of hydrogen-bond donors (Lipinski definition) is 2. The van der Waals surface area contributed by atoms with Crippen LogP contribution in [0, 0.1) is 6.92 Å². The Morgan fingerprint density at radius 3 is 2.08 bits per heavy atom. The van der Waals surface area contributed by atoms with Crippen molar-refractivity contribution in [3.63, 3.8) is 0 Å². The van der Waals surface area contributed by atoms with Crippen LogP contribution in [0.15, 0.2) is 88.7 Å². The van der Waals surface area contributed by atoms with Gasteiger partial charge in [0, 0.05) is 19.6 Å². The van der Waals surface area contributed by atoms with Crippen LogP contribution in [0.4, 0.5) is 0 Å². The molecular formula is C27H31N3O6S2. The number of morpholine rings is 1. The van der Waals surface area contributed by atoms with E-state index < -0.39 is 32.0 Å². The number of sulfonamides is 2. The summed E-state index contributed by atoms with van der Waals surface area (Å²) in [6.07, 6.45) is 0.161. The molecule has 0 radical (unpaired) electrons. The van der Waals surface area contributed by atoms with E-state index in [-0.39, 0.29) is 22.8 Å². The Morgan fingerprint density at radius 2 is 1.45 bits per heavy atom. The second-order valence-electron chi connectivity index (χ2n) is 9.05. The predicted molar refractivity (Wildman–Crippen MR) is 143 cm³/mol. The summed E-state index contributed by atoms with van der Waals surface area (Å²) < 4.78 is 60.9. The normalized spacial score (nSPS) is 15.6. The molecule has 1 atom stereocenters. The second kappa shape index (κ2) is 12.2. The van der Waals surface area contributed by atoms with Crippen molar-refractivity contribution in [3.8, 4) is 0 Å². The van der Waals surface area contributed by atoms with Crippen molar-refractivity contribution in [2.24, 2.45) is 0 Å². The zero-order chi connectivity index (χ0) is 27.2. The first-order valence-electron chi connectivity index (χ1n) is 12.2. The highest BCUT2D eigenvalue weighted by Gasteiger charge is 2.27. The van der Waals surface area contributed by atoms with Crippen molar-refractivity contribution in [2.45, 2.75) is 35.7 Å². The van der Waals surface area contributed by atoms with Crippen LogP contribution in [0.3, 0.4) is 0 Å². The SMILES string of the molecule is Cc1ccc(S(=O)(=O)NC(Cc2ccccc2)C(=O)NCc2ccc(S(=O)(=O)N3CCOCC3)cc2)cc1. The Labute approximate surface area is 223 Å². The Bertz CT molecular complexity index is 1440. The van der Waals surface area contributed by atoms with E-state index in [1.807, 2.05) is 37.3 Å². The molecule has 202 valence electrons. The largest absolute Gasteiger partial charge is 0.379 e. The van der Waals surface area contributed by atoms with E-state index in [1.165, 1.54) is 28.6 Å². The lowest BCUT2D eigenvalue weighted by Gasteiger charge is -2.26. The van der Waals surface area contributed by atoms with Gasteiger partial charge < -0.3 is 10.1 Å². The summed E-state index contributed by atoms with van der Waals surface area (Å²) >= 11 is 0. The van der Waals surface area contributed by atoms with Crippen LogP contribution in [0.2, 0.25) is 0 Å². The molecule has 1 heterocycles. The molecule has 1 amide bonds. The molecule has 11 heteroatoms. The first kappa shape index (κ1) is 27.9. The van der Waals surface area contributed by atoms with Crippen LogP contribution in [-0.4, -0.2) is 59.4 Å². The van der Waals surface area contributed by atoms with E-state index in [1.54, 1.807) is 24.3 Å². The van der Waals surface area contributed by atoms with Crippen molar-refractivity contribution >= 4 is 26.0 Å². The van der Waals surface area contributed by atoms with Crippen molar-refractivity contribution in [1.82, 2.24) is 14.3 Å². The molecule has 1 unspecified atom stereocenters. The summed E-state index contributed by atoms with van der Waals surface area (Å²) in [6, 6.07) is 20.8. The maximum atomic E-state index is 13.2. The van der Waals surface area contributed by atoms with E-state index >= 15 is 0 Å². The van der Waals surface area contributed by atoms with Gasteiger partial charge >= 0.3 is 0 Å². The van der Waals surface area contributed by atoms with Gasteiger partial charge in [-0.3, -0.25) is 4.79 Å². The maximum Gasteiger partial charge on any atom is 0.243 e. The van der Waals surface area contributed by atoms with Crippen LogP contribution in [-0.2, 0) is 42.5 Å². The number of nitrogens with one attached hydrogen (secondary N) is 2. The fourth-order valence-electron chi connectivity index (χ4n) is 4.04. The molecule has 1 saturated heterocycles. The lowest BCUT2D eigenvalue weighted by Crippen LogP contribution is -2.47. The summed E-state index contributed by atoms with van der Waals surface area (Å²) in [5, 5.41) is 2.78. The van der Waals surface area contributed by atoms with Gasteiger partial charge in [-0.2, -0.15) is 9.03 Å². The van der Waals surface area contributed by atoms with Crippen molar-refractivity contribution in [3.05, 3.63) is 95.6 Å². The first-order valence-corrected chi connectivity index (χ1v) is 15.1. The van der Waals surface area contributed by atoms with E-state index in [4.69, 9.17) is 4.74 Å². The monoisotopic (exact) mass is 557 g/mol. The van der Waals surface area contributed by atoms with E-state index in [0.717, 1.165) is 11.1 Å². The van der Waals surface area contributed by atoms with Gasteiger partial charge in [0.2, 0.25) is 26.0 Å². The Balaban J connectivity index is 1.45. The van der Waals surface area contributed by atoms with Gasteiger partial charge in [-0.05, 0) is 48.7 Å². The third kappa shape index (κ3) is 7.06. The highest BCUT2D eigenvalue weighted by molar-refractivity contribution is 7.89. The fourth-order valence-corrected chi connectivity index (χ4v) is 6.64. The molecule has 1 aliphatic heterocycles. The molecule has 38 heavy (non-hydrogen) atoms. The number of hydrogen-bond acceptors (Lipinski definition) is 6. The summed E-state index contributed by atoms with van der Waals surface area (Å²) in [4.78, 5) is 13.4. The average molecular weight is 558 g/mol. The smallest absolute Gasteiger partial charge is 0.243 e. The molecular weight excluding hydrogens is 526 g/mol. The van der Waals surface area contributed by atoms with Crippen molar-refractivity contribution in [1.29, 1.82) is 0 Å². The van der Waals surface area contributed by atoms with E-state index in [9.17, 15) is 21.6 Å². The van der Waals surface area contributed by atoms with Crippen LogP contribution in [0.1, 0.15) is 16.7 Å². The van der Waals surface area contributed by atoms with Crippen molar-refractivity contribution < 1.29 is 26.4 Å². The molecule has 1 aliphatic rings. The summed E-state index contributed by atoms with van der Waals surface area (Å²) in [7, 11) is -7.57. The minimum absolute atomic E-state index is 0.0750. The summed E-state index contributed by atoms with van der Waals surface area (Å²) in [5.41, 5.74) is 2.40. The molecule has 4 rings (SSSR count). The maximum absolute atomic E-state index is 13.2. The van der Waals surface area contributed by atoms with Gasteiger partial charge in [-0.1, -0.05) is 60.2 Å². The van der Waals surface area contributed by atoms with Gasteiger partial charge in [0.15, 0.2) is 0 Å². The summed E-state index contributed by atoms with van der Waals surface area (Å²) in [5.74, 6) is -0.491. The number of aryl methyl sites for hydroxylation is 1. The van der Waals surface area contributed by atoms with Gasteiger partial charge in [0.1, 0.15) is 6.04 Å². The molecule has 9 nitrogen and oxygen atoms in total. The van der Waals surface area contributed by atoms with Gasteiger partial charge in [-0.15, -0.1) is 0 Å². The Kier molecular flexibility index (Phi) is 8.95.